The zero-order chi connectivity index (χ0) is 18.6. The van der Waals surface area contributed by atoms with Gasteiger partial charge in [0.2, 0.25) is 5.91 Å². The van der Waals surface area contributed by atoms with Crippen LogP contribution in [0.25, 0.3) is 0 Å². The van der Waals surface area contributed by atoms with Crippen LogP contribution in [0.3, 0.4) is 0 Å². The highest BCUT2D eigenvalue weighted by atomic mass is 19.4. The Balaban J connectivity index is 3.33. The Hall–Kier alpha value is -1.93. The van der Waals surface area contributed by atoms with Crippen molar-refractivity contribution in [2.75, 3.05) is 5.32 Å². The van der Waals surface area contributed by atoms with Gasteiger partial charge in [-0.3, -0.25) is 4.79 Å². The number of hydrogen-bond acceptors (Lipinski definition) is 2. The van der Waals surface area contributed by atoms with Gasteiger partial charge >= 0.3 is 18.0 Å². The topological polar surface area (TPSA) is 41.1 Å². The number of hydrogen-bond donors (Lipinski definition) is 2. The summed E-state index contributed by atoms with van der Waals surface area (Å²) >= 11 is 0. The van der Waals surface area contributed by atoms with Crippen LogP contribution in [0.4, 0.5) is 32.0 Å². The molecule has 0 atom stereocenters. The zero-order valence-electron chi connectivity index (χ0n) is 13.1. The summed E-state index contributed by atoms with van der Waals surface area (Å²) in [5.74, 6) is -1.33. The standard InChI is InChI=1S/C15H18F6N2O/c1-3-4-9-12(24)23-13(14(16,17)18,15(19,20)21)22-11-8-6-5-7-10(11)2/h5-8,22H,3-4,9H2,1-2H3,(H,23,24). The summed E-state index contributed by atoms with van der Waals surface area (Å²) in [7, 11) is 0. The van der Waals surface area contributed by atoms with E-state index in [1.54, 1.807) is 6.92 Å². The van der Waals surface area contributed by atoms with Gasteiger partial charge in [-0.15, -0.1) is 0 Å². The number of benzene rings is 1. The van der Waals surface area contributed by atoms with Crippen LogP contribution in [0, 0.1) is 6.92 Å². The first-order valence-electron chi connectivity index (χ1n) is 7.23. The molecule has 0 saturated carbocycles. The van der Waals surface area contributed by atoms with Crippen molar-refractivity contribution in [3.63, 3.8) is 0 Å². The lowest BCUT2D eigenvalue weighted by atomic mass is 10.1. The minimum atomic E-state index is -5.80. The quantitative estimate of drug-likeness (QED) is 0.581. The first kappa shape index (κ1) is 20.1. The maximum absolute atomic E-state index is 13.4. The highest BCUT2D eigenvalue weighted by Crippen LogP contribution is 2.44. The number of alkyl halides is 6. The first-order valence-corrected chi connectivity index (χ1v) is 7.23. The Labute approximate surface area is 135 Å². The van der Waals surface area contributed by atoms with E-state index < -0.39 is 30.3 Å². The van der Waals surface area contributed by atoms with Gasteiger partial charge in [0.15, 0.2) is 0 Å². The first-order chi connectivity index (χ1) is 10.9. The van der Waals surface area contributed by atoms with Crippen molar-refractivity contribution < 1.29 is 31.1 Å². The van der Waals surface area contributed by atoms with E-state index in [0.717, 1.165) is 11.4 Å². The molecule has 1 amide bonds. The Morgan fingerprint density at radius 3 is 2.04 bits per heavy atom. The second kappa shape index (κ2) is 7.31. The van der Waals surface area contributed by atoms with Gasteiger partial charge < -0.3 is 10.6 Å². The van der Waals surface area contributed by atoms with Gasteiger partial charge in [0.05, 0.1) is 0 Å². The third-order valence-electron chi connectivity index (χ3n) is 3.40. The minimum absolute atomic E-state index is 0.179. The number of aryl methyl sites for hydroxylation is 1. The molecule has 0 aromatic heterocycles. The minimum Gasteiger partial charge on any atom is -0.347 e. The second-order valence-electron chi connectivity index (χ2n) is 5.34. The Bertz CT molecular complexity index is 554. The van der Waals surface area contributed by atoms with Crippen molar-refractivity contribution in [2.24, 2.45) is 0 Å². The fourth-order valence-electron chi connectivity index (χ4n) is 2.00. The maximum atomic E-state index is 13.4. The van der Waals surface area contributed by atoms with Crippen molar-refractivity contribution in [3.8, 4) is 0 Å². The molecule has 0 saturated heterocycles. The molecule has 0 aliphatic rings. The smallest absolute Gasteiger partial charge is 0.347 e. The fourth-order valence-corrected chi connectivity index (χ4v) is 2.00. The maximum Gasteiger partial charge on any atom is 0.439 e. The van der Waals surface area contributed by atoms with E-state index >= 15 is 0 Å². The van der Waals surface area contributed by atoms with Crippen molar-refractivity contribution in [3.05, 3.63) is 29.8 Å². The van der Waals surface area contributed by atoms with Gasteiger partial charge in [0, 0.05) is 12.1 Å². The number of unbranched alkanes of at least 4 members (excludes halogenated alkanes) is 1. The van der Waals surface area contributed by atoms with E-state index in [4.69, 9.17) is 0 Å². The van der Waals surface area contributed by atoms with Gasteiger partial charge in [0.25, 0.3) is 0 Å². The van der Waals surface area contributed by atoms with E-state index in [9.17, 15) is 31.1 Å². The second-order valence-corrected chi connectivity index (χ2v) is 5.34. The summed E-state index contributed by atoms with van der Waals surface area (Å²) < 4.78 is 80.2. The highest BCUT2D eigenvalue weighted by Gasteiger charge is 2.72. The number of rotatable bonds is 6. The Kier molecular flexibility index (Phi) is 6.13. The number of amides is 1. The van der Waals surface area contributed by atoms with Crippen LogP contribution in [0.2, 0.25) is 0 Å². The van der Waals surface area contributed by atoms with Crippen LogP contribution in [-0.2, 0) is 4.79 Å². The molecule has 0 unspecified atom stereocenters. The largest absolute Gasteiger partial charge is 0.439 e. The lowest BCUT2D eigenvalue weighted by Gasteiger charge is -2.39. The molecule has 0 heterocycles. The van der Waals surface area contributed by atoms with Crippen LogP contribution >= 0.6 is 0 Å². The molecule has 1 rings (SSSR count). The molecule has 136 valence electrons. The average Bonchev–Trinajstić information content (AvgIpc) is 2.44. The molecule has 24 heavy (non-hydrogen) atoms. The SMILES string of the molecule is CCCCC(=O)NC(Nc1ccccc1C)(C(F)(F)F)C(F)(F)F. The van der Waals surface area contributed by atoms with Crippen LogP contribution in [0.15, 0.2) is 24.3 Å². The van der Waals surface area contributed by atoms with Crippen molar-refractivity contribution >= 4 is 11.6 Å². The molecule has 0 aliphatic heterocycles. The number of carbonyl (C=O) groups excluding carboxylic acids is 1. The van der Waals surface area contributed by atoms with Gasteiger partial charge in [-0.2, -0.15) is 26.3 Å². The summed E-state index contributed by atoms with van der Waals surface area (Å²) in [5.41, 5.74) is -4.75. The third kappa shape index (κ3) is 4.33. The molecule has 1 aromatic carbocycles. The lowest BCUT2D eigenvalue weighted by molar-refractivity contribution is -0.296. The molecule has 2 N–H and O–H groups in total. The number of anilines is 1. The van der Waals surface area contributed by atoms with Gasteiger partial charge in [-0.05, 0) is 25.0 Å². The summed E-state index contributed by atoms with van der Waals surface area (Å²) in [5, 5.41) is 2.59. The number of para-hydroxylation sites is 1. The summed E-state index contributed by atoms with van der Waals surface area (Å²) in [6.07, 6.45) is -11.4. The summed E-state index contributed by atoms with van der Waals surface area (Å²) in [6.45, 7) is 3.03. The van der Waals surface area contributed by atoms with Crippen molar-refractivity contribution in [1.29, 1.82) is 0 Å². The van der Waals surface area contributed by atoms with Crippen LogP contribution < -0.4 is 10.6 Å². The number of carbonyl (C=O) groups is 1. The molecule has 3 nitrogen and oxygen atoms in total. The third-order valence-corrected chi connectivity index (χ3v) is 3.40. The predicted molar refractivity (Wildman–Crippen MR) is 77.3 cm³/mol. The molecule has 0 radical (unpaired) electrons. The van der Waals surface area contributed by atoms with Crippen molar-refractivity contribution in [1.82, 2.24) is 5.32 Å². The normalized spacial score (nSPS) is 12.8. The molecular formula is C15H18F6N2O. The van der Waals surface area contributed by atoms with E-state index in [1.807, 2.05) is 0 Å². The highest BCUT2D eigenvalue weighted by molar-refractivity contribution is 5.77. The molecule has 0 bridgehead atoms. The predicted octanol–water partition coefficient (Wildman–Crippen LogP) is 4.53. The van der Waals surface area contributed by atoms with E-state index in [1.165, 1.54) is 30.4 Å². The molecular weight excluding hydrogens is 338 g/mol. The van der Waals surface area contributed by atoms with Gasteiger partial charge in [-0.1, -0.05) is 31.5 Å². The van der Waals surface area contributed by atoms with E-state index in [0.29, 0.717) is 6.42 Å². The van der Waals surface area contributed by atoms with Gasteiger partial charge in [-0.25, -0.2) is 0 Å². The van der Waals surface area contributed by atoms with Gasteiger partial charge in [0.1, 0.15) is 0 Å². The number of nitrogens with one attached hydrogen (secondary N) is 2. The summed E-state index contributed by atoms with van der Waals surface area (Å²) in [6, 6.07) is 5.22. The average molecular weight is 356 g/mol. The summed E-state index contributed by atoms with van der Waals surface area (Å²) in [4.78, 5) is 11.6. The Morgan fingerprint density at radius 2 is 1.58 bits per heavy atom. The van der Waals surface area contributed by atoms with E-state index in [2.05, 4.69) is 0 Å². The molecule has 0 spiro atoms. The number of halogens is 6. The monoisotopic (exact) mass is 356 g/mol. The van der Waals surface area contributed by atoms with Crippen LogP contribution in [0.5, 0.6) is 0 Å². The fraction of sp³-hybridized carbons (Fsp3) is 0.533. The molecule has 9 heteroatoms. The lowest BCUT2D eigenvalue weighted by Crippen LogP contribution is -2.72. The molecule has 0 fully saturated rings. The molecule has 0 aliphatic carbocycles. The zero-order valence-corrected chi connectivity index (χ0v) is 13.1. The van der Waals surface area contributed by atoms with Crippen LogP contribution in [0.1, 0.15) is 31.7 Å². The Morgan fingerprint density at radius 1 is 1.04 bits per heavy atom. The van der Waals surface area contributed by atoms with E-state index in [-0.39, 0.29) is 17.7 Å². The van der Waals surface area contributed by atoms with Crippen molar-refractivity contribution in [2.45, 2.75) is 51.1 Å². The van der Waals surface area contributed by atoms with Crippen LogP contribution in [-0.4, -0.2) is 23.9 Å². The molecule has 1 aromatic rings.